The van der Waals surface area contributed by atoms with Gasteiger partial charge in [0.2, 0.25) is 0 Å². The maximum Gasteiger partial charge on any atom is 0.181 e. The number of hydrogen-bond donors (Lipinski definition) is 0. The number of nitrogens with zero attached hydrogens (tertiary/aromatic N) is 4. The van der Waals surface area contributed by atoms with E-state index in [0.717, 1.165) is 66.4 Å². The van der Waals surface area contributed by atoms with Crippen molar-refractivity contribution < 1.29 is 4.42 Å². The quantitative estimate of drug-likeness (QED) is 0.125. The van der Waals surface area contributed by atoms with Gasteiger partial charge in [0.1, 0.15) is 22.6 Å². The van der Waals surface area contributed by atoms with Crippen LogP contribution in [0.4, 0.5) is 0 Å². The molecule has 5 aromatic heterocycles. The molecule has 0 radical (unpaired) electrons. The zero-order valence-corrected chi connectivity index (χ0v) is 32.3. The molecule has 7 aromatic carbocycles. The minimum atomic E-state index is -2.98. The number of aromatic nitrogens is 4. The SMILES string of the molecule is c1ccc([Si](c2ccccc2)(c2ccc(-n3c4ccccc4c4cccnc43)nc2)c2cccc(-n3c4ccccc4c4c5c(ccc43)oc3ccccc35)c2)cc1. The number of benzene rings is 7. The van der Waals surface area contributed by atoms with Gasteiger partial charge in [-0.05, 0) is 81.4 Å². The molecule has 58 heavy (non-hydrogen) atoms. The van der Waals surface area contributed by atoms with E-state index >= 15 is 0 Å². The van der Waals surface area contributed by atoms with Gasteiger partial charge in [-0.25, -0.2) is 9.97 Å². The molecule has 0 aliphatic heterocycles. The van der Waals surface area contributed by atoms with E-state index in [4.69, 9.17) is 14.4 Å². The molecule has 12 rings (SSSR count). The van der Waals surface area contributed by atoms with E-state index in [1.54, 1.807) is 0 Å². The van der Waals surface area contributed by atoms with E-state index in [2.05, 4.69) is 197 Å². The summed E-state index contributed by atoms with van der Waals surface area (Å²) in [6, 6.07) is 69.9. The summed E-state index contributed by atoms with van der Waals surface area (Å²) in [6.07, 6.45) is 3.98. The first-order valence-electron chi connectivity index (χ1n) is 19.7. The molecule has 5 nitrogen and oxygen atoms in total. The predicted molar refractivity (Wildman–Crippen MR) is 242 cm³/mol. The molecule has 0 spiro atoms. The molecular weight excluding hydrogens is 725 g/mol. The van der Waals surface area contributed by atoms with Crippen molar-refractivity contribution in [2.24, 2.45) is 0 Å². The van der Waals surface area contributed by atoms with Gasteiger partial charge in [-0.2, -0.15) is 0 Å². The largest absolute Gasteiger partial charge is 0.456 e. The van der Waals surface area contributed by atoms with E-state index in [1.807, 2.05) is 18.3 Å². The Kier molecular flexibility index (Phi) is 7.18. The van der Waals surface area contributed by atoms with Gasteiger partial charge in [0.05, 0.1) is 16.6 Å². The Morgan fingerprint density at radius 1 is 0.397 bits per heavy atom. The van der Waals surface area contributed by atoms with Gasteiger partial charge in [-0.15, -0.1) is 0 Å². The summed E-state index contributed by atoms with van der Waals surface area (Å²) < 4.78 is 11.0. The van der Waals surface area contributed by atoms with Crippen LogP contribution in [0.3, 0.4) is 0 Å². The lowest BCUT2D eigenvalue weighted by molar-refractivity contribution is 0.669. The molecule has 0 N–H and O–H groups in total. The van der Waals surface area contributed by atoms with E-state index in [9.17, 15) is 0 Å². The van der Waals surface area contributed by atoms with Crippen molar-refractivity contribution in [1.82, 2.24) is 19.1 Å². The minimum Gasteiger partial charge on any atom is -0.456 e. The van der Waals surface area contributed by atoms with Gasteiger partial charge in [0.25, 0.3) is 0 Å². The van der Waals surface area contributed by atoms with E-state index in [0.29, 0.717) is 0 Å². The zero-order chi connectivity index (χ0) is 38.2. The highest BCUT2D eigenvalue weighted by atomic mass is 28.3. The monoisotopic (exact) mass is 758 g/mol. The van der Waals surface area contributed by atoms with Gasteiger partial charge in [-0.1, -0.05) is 133 Å². The molecule has 0 aliphatic carbocycles. The number of fused-ring (bicyclic) bond motifs is 10. The normalized spacial score (nSPS) is 12.1. The highest BCUT2D eigenvalue weighted by Crippen LogP contribution is 2.41. The van der Waals surface area contributed by atoms with E-state index < -0.39 is 8.07 Å². The summed E-state index contributed by atoms with van der Waals surface area (Å²) in [7, 11) is -2.98. The predicted octanol–water partition coefficient (Wildman–Crippen LogP) is 9.95. The van der Waals surface area contributed by atoms with Crippen molar-refractivity contribution >= 4 is 94.5 Å². The molecule has 0 unspecified atom stereocenters. The number of para-hydroxylation sites is 3. The average Bonchev–Trinajstić information content (AvgIpc) is 3.96. The maximum absolute atomic E-state index is 6.39. The van der Waals surface area contributed by atoms with Crippen LogP contribution in [0.5, 0.6) is 0 Å². The van der Waals surface area contributed by atoms with Crippen LogP contribution in [0, 0.1) is 0 Å². The third kappa shape index (κ3) is 4.63. The number of furan rings is 1. The number of rotatable bonds is 6. The highest BCUT2D eigenvalue weighted by molar-refractivity contribution is 7.19. The summed E-state index contributed by atoms with van der Waals surface area (Å²) in [6.45, 7) is 0. The molecule has 5 heterocycles. The lowest BCUT2D eigenvalue weighted by Gasteiger charge is -2.34. The molecule has 272 valence electrons. The first-order valence-corrected chi connectivity index (χ1v) is 21.7. The Hall–Kier alpha value is -7.54. The zero-order valence-electron chi connectivity index (χ0n) is 31.3. The summed E-state index contributed by atoms with van der Waals surface area (Å²) in [5, 5.41) is 12.0. The Morgan fingerprint density at radius 3 is 1.81 bits per heavy atom. The number of hydrogen-bond acceptors (Lipinski definition) is 3. The smallest absolute Gasteiger partial charge is 0.181 e. The third-order valence-electron chi connectivity index (χ3n) is 12.0. The summed E-state index contributed by atoms with van der Waals surface area (Å²) in [4.78, 5) is 10.1. The van der Waals surface area contributed by atoms with Crippen molar-refractivity contribution in [3.05, 3.63) is 207 Å². The van der Waals surface area contributed by atoms with Gasteiger partial charge in [0.15, 0.2) is 8.07 Å². The van der Waals surface area contributed by atoms with Crippen LogP contribution < -0.4 is 20.7 Å². The second-order valence-corrected chi connectivity index (χ2v) is 18.8. The molecule has 0 aliphatic rings. The van der Waals surface area contributed by atoms with Crippen molar-refractivity contribution in [3.63, 3.8) is 0 Å². The molecule has 0 atom stereocenters. The summed E-state index contributed by atoms with van der Waals surface area (Å²) in [5.41, 5.74) is 7.21. The van der Waals surface area contributed by atoms with Crippen LogP contribution in [0.1, 0.15) is 0 Å². The van der Waals surface area contributed by atoms with Crippen molar-refractivity contribution in [2.75, 3.05) is 0 Å². The van der Waals surface area contributed by atoms with Crippen molar-refractivity contribution in [1.29, 1.82) is 0 Å². The van der Waals surface area contributed by atoms with Gasteiger partial charge in [0, 0.05) is 50.4 Å². The van der Waals surface area contributed by atoms with Crippen molar-refractivity contribution in [2.45, 2.75) is 0 Å². The Morgan fingerprint density at radius 2 is 1.05 bits per heavy atom. The van der Waals surface area contributed by atoms with Crippen molar-refractivity contribution in [3.8, 4) is 11.5 Å². The molecule has 0 saturated carbocycles. The van der Waals surface area contributed by atoms with Crippen LogP contribution in [0.25, 0.3) is 77.2 Å². The molecule has 12 aromatic rings. The van der Waals surface area contributed by atoms with Crippen LogP contribution in [-0.4, -0.2) is 27.2 Å². The van der Waals surface area contributed by atoms with Crippen LogP contribution in [0.2, 0.25) is 0 Å². The fourth-order valence-electron chi connectivity index (χ4n) is 9.58. The molecule has 0 bridgehead atoms. The standard InChI is InChI=1S/C52H34N4OSi/c1-3-16-36(17-4-1)58(37-18-5-2-6-19-37,39-28-31-49(54-34-39)56-44-25-10-7-21-40(44)41-24-14-32-53-52(41)56)38-20-13-15-35(33-38)55-45-26-11-8-22-42(45)50-46(55)29-30-48-51(50)43-23-9-12-27-47(43)57-48/h1-34H. The van der Waals surface area contributed by atoms with E-state index in [-0.39, 0.29) is 0 Å². The first kappa shape index (κ1) is 32.7. The Labute approximate surface area is 334 Å². The van der Waals surface area contributed by atoms with Crippen LogP contribution >= 0.6 is 0 Å². The second-order valence-electron chi connectivity index (χ2n) is 14.9. The molecule has 6 heteroatoms. The molecule has 0 fully saturated rings. The maximum atomic E-state index is 6.39. The first-order chi connectivity index (χ1) is 28.8. The Balaban J connectivity index is 1.12. The Bertz CT molecular complexity index is 3420. The van der Waals surface area contributed by atoms with Gasteiger partial charge in [-0.3, -0.25) is 4.57 Å². The fraction of sp³-hybridized carbons (Fsp3) is 0. The highest BCUT2D eigenvalue weighted by Gasteiger charge is 2.42. The lowest BCUT2D eigenvalue weighted by Crippen LogP contribution is -2.74. The van der Waals surface area contributed by atoms with E-state index in [1.165, 1.54) is 31.5 Å². The van der Waals surface area contributed by atoms with Crippen LogP contribution in [-0.2, 0) is 0 Å². The summed E-state index contributed by atoms with van der Waals surface area (Å²) >= 11 is 0. The molecule has 0 amide bonds. The summed E-state index contributed by atoms with van der Waals surface area (Å²) in [5.74, 6) is 0.842. The van der Waals surface area contributed by atoms with Gasteiger partial charge < -0.3 is 8.98 Å². The second kappa shape index (κ2) is 12.7. The minimum absolute atomic E-state index is 0.842. The topological polar surface area (TPSA) is 48.8 Å². The van der Waals surface area contributed by atoms with Crippen LogP contribution in [0.15, 0.2) is 211 Å². The molecule has 0 saturated heterocycles. The third-order valence-corrected chi connectivity index (χ3v) is 16.7. The average molecular weight is 759 g/mol. The number of pyridine rings is 2. The van der Waals surface area contributed by atoms with Gasteiger partial charge >= 0.3 is 0 Å². The lowest BCUT2D eigenvalue weighted by atomic mass is 10.1. The fourth-order valence-corrected chi connectivity index (χ4v) is 14.3. The molecular formula is C52H34N4OSi.